The van der Waals surface area contributed by atoms with Gasteiger partial charge >= 0.3 is 0 Å². The smallest absolute Gasteiger partial charge is 0.227 e. The molecule has 1 amide bonds. The van der Waals surface area contributed by atoms with E-state index < -0.39 is 0 Å². The Morgan fingerprint density at radius 3 is 2.35 bits per heavy atom. The van der Waals surface area contributed by atoms with Crippen LogP contribution in [0, 0.1) is 25.6 Å². The van der Waals surface area contributed by atoms with Crippen LogP contribution in [0.4, 0.5) is 15.9 Å². The summed E-state index contributed by atoms with van der Waals surface area (Å²) in [5.74, 6) is 1.38. The Kier molecular flexibility index (Phi) is 6.17. The number of aromatic nitrogens is 4. The molecule has 2 aromatic heterocycles. The summed E-state index contributed by atoms with van der Waals surface area (Å²) in [7, 11) is 0. The molecule has 2 fully saturated rings. The van der Waals surface area contributed by atoms with E-state index in [1.54, 1.807) is 16.8 Å². The fraction of sp³-hybridized carbons (Fsp3) is 0.440. The summed E-state index contributed by atoms with van der Waals surface area (Å²) in [5.41, 5.74) is 2.56. The van der Waals surface area contributed by atoms with Crippen molar-refractivity contribution in [2.24, 2.45) is 5.92 Å². The first-order valence-electron chi connectivity index (χ1n) is 11.9. The topological polar surface area (TPSA) is 70.4 Å². The number of para-hydroxylation sites is 1. The van der Waals surface area contributed by atoms with Crippen molar-refractivity contribution in [2.75, 3.05) is 49.1 Å². The van der Waals surface area contributed by atoms with Gasteiger partial charge in [0, 0.05) is 45.0 Å². The van der Waals surface area contributed by atoms with E-state index in [4.69, 9.17) is 0 Å². The van der Waals surface area contributed by atoms with Crippen LogP contribution in [0.15, 0.2) is 42.5 Å². The van der Waals surface area contributed by atoms with Gasteiger partial charge in [0.05, 0.1) is 17.3 Å². The van der Waals surface area contributed by atoms with Crippen LogP contribution in [0.25, 0.3) is 5.82 Å². The number of carbonyl (C=O) groups excluding carboxylic acids is 1. The van der Waals surface area contributed by atoms with Crippen molar-refractivity contribution < 1.29 is 9.18 Å². The molecule has 0 radical (unpaired) electrons. The van der Waals surface area contributed by atoms with E-state index >= 15 is 0 Å². The van der Waals surface area contributed by atoms with Gasteiger partial charge in [-0.3, -0.25) is 4.79 Å². The highest BCUT2D eigenvalue weighted by atomic mass is 19.1. The molecule has 2 saturated heterocycles. The van der Waals surface area contributed by atoms with Crippen LogP contribution in [0.2, 0.25) is 0 Å². The number of carbonyl (C=O) groups is 1. The largest absolute Gasteiger partial charge is 0.366 e. The van der Waals surface area contributed by atoms with Crippen LogP contribution in [0.3, 0.4) is 0 Å². The third-order valence-electron chi connectivity index (χ3n) is 6.74. The molecule has 34 heavy (non-hydrogen) atoms. The van der Waals surface area contributed by atoms with Gasteiger partial charge in [0.15, 0.2) is 11.6 Å². The zero-order chi connectivity index (χ0) is 23.7. The number of benzene rings is 1. The molecule has 0 N–H and O–H groups in total. The summed E-state index contributed by atoms with van der Waals surface area (Å²) in [6.45, 7) is 7.95. The minimum Gasteiger partial charge on any atom is -0.366 e. The van der Waals surface area contributed by atoms with Gasteiger partial charge in [-0.2, -0.15) is 5.10 Å². The Labute approximate surface area is 199 Å². The lowest BCUT2D eigenvalue weighted by molar-refractivity contribution is -0.136. The zero-order valence-electron chi connectivity index (χ0n) is 19.7. The SMILES string of the molecule is Cc1cc(C)n(-c2ccc(N3CCCC(C(=O)N4CCN(c5ccccc5F)CC4)C3)nn2)n1. The summed E-state index contributed by atoms with van der Waals surface area (Å²) < 4.78 is 15.9. The minimum atomic E-state index is -0.213. The number of hydrogen-bond acceptors (Lipinski definition) is 6. The highest BCUT2D eigenvalue weighted by molar-refractivity contribution is 5.80. The number of hydrogen-bond donors (Lipinski definition) is 0. The molecule has 3 aromatic rings. The second kappa shape index (κ2) is 9.40. The normalized spacial score (nSPS) is 18.9. The molecular weight excluding hydrogens is 433 g/mol. The predicted molar refractivity (Wildman–Crippen MR) is 129 cm³/mol. The molecule has 1 atom stereocenters. The molecule has 5 rings (SSSR count). The Bertz CT molecular complexity index is 1150. The van der Waals surface area contributed by atoms with Crippen molar-refractivity contribution in [1.82, 2.24) is 24.9 Å². The molecule has 1 unspecified atom stereocenters. The number of halogens is 1. The molecule has 4 heterocycles. The quantitative estimate of drug-likeness (QED) is 0.593. The van der Waals surface area contributed by atoms with E-state index in [0.29, 0.717) is 44.2 Å². The highest BCUT2D eigenvalue weighted by Crippen LogP contribution is 2.25. The minimum absolute atomic E-state index is 0.0637. The van der Waals surface area contributed by atoms with Gasteiger partial charge in [-0.15, -0.1) is 10.2 Å². The number of nitrogens with zero attached hydrogens (tertiary/aromatic N) is 7. The maximum atomic E-state index is 14.1. The van der Waals surface area contributed by atoms with Gasteiger partial charge in [0.2, 0.25) is 5.91 Å². The summed E-state index contributed by atoms with van der Waals surface area (Å²) >= 11 is 0. The van der Waals surface area contributed by atoms with Gasteiger partial charge in [0.1, 0.15) is 5.82 Å². The van der Waals surface area contributed by atoms with E-state index in [0.717, 1.165) is 36.6 Å². The third-order valence-corrected chi connectivity index (χ3v) is 6.74. The lowest BCUT2D eigenvalue weighted by atomic mass is 9.96. The lowest BCUT2D eigenvalue weighted by Gasteiger charge is -2.40. The summed E-state index contributed by atoms with van der Waals surface area (Å²) in [4.78, 5) is 19.4. The molecule has 2 aliphatic heterocycles. The first-order valence-corrected chi connectivity index (χ1v) is 11.9. The van der Waals surface area contributed by atoms with Gasteiger partial charge < -0.3 is 14.7 Å². The van der Waals surface area contributed by atoms with Gasteiger partial charge in [0.25, 0.3) is 0 Å². The molecule has 0 spiro atoms. The van der Waals surface area contributed by atoms with Crippen molar-refractivity contribution in [3.63, 3.8) is 0 Å². The van der Waals surface area contributed by atoms with Crippen LogP contribution in [-0.2, 0) is 4.79 Å². The predicted octanol–water partition coefficient (Wildman–Crippen LogP) is 2.98. The van der Waals surface area contributed by atoms with Gasteiger partial charge in [-0.1, -0.05) is 12.1 Å². The maximum Gasteiger partial charge on any atom is 0.227 e. The second-order valence-corrected chi connectivity index (χ2v) is 9.14. The van der Waals surface area contributed by atoms with Crippen molar-refractivity contribution in [2.45, 2.75) is 26.7 Å². The summed E-state index contributed by atoms with van der Waals surface area (Å²) in [6, 6.07) is 12.7. The number of piperidine rings is 1. The Hall–Kier alpha value is -3.49. The first kappa shape index (κ1) is 22.3. The highest BCUT2D eigenvalue weighted by Gasteiger charge is 2.32. The molecule has 2 aliphatic rings. The average Bonchev–Trinajstić information content (AvgIpc) is 3.22. The zero-order valence-corrected chi connectivity index (χ0v) is 19.7. The average molecular weight is 464 g/mol. The van der Waals surface area contributed by atoms with E-state index in [1.165, 1.54) is 6.07 Å². The van der Waals surface area contributed by atoms with E-state index in [1.807, 2.05) is 47.9 Å². The maximum absolute atomic E-state index is 14.1. The second-order valence-electron chi connectivity index (χ2n) is 9.14. The monoisotopic (exact) mass is 463 g/mol. The molecular formula is C25H30FN7O. The molecule has 0 bridgehead atoms. The van der Waals surface area contributed by atoms with Crippen LogP contribution in [-0.4, -0.2) is 70.1 Å². The number of rotatable bonds is 4. The van der Waals surface area contributed by atoms with Crippen LogP contribution < -0.4 is 9.80 Å². The molecule has 1 aromatic carbocycles. The standard InChI is InChI=1S/C25H30FN7O/c1-18-16-19(2)33(29-18)24-10-9-23(27-28-24)32-11-5-6-20(17-32)25(34)31-14-12-30(13-15-31)22-8-4-3-7-21(22)26/h3-4,7-10,16,20H,5-6,11-15,17H2,1-2H3. The Balaban J connectivity index is 1.20. The first-order chi connectivity index (χ1) is 16.5. The van der Waals surface area contributed by atoms with Gasteiger partial charge in [-0.05, 0) is 57.0 Å². The van der Waals surface area contributed by atoms with E-state index in [9.17, 15) is 9.18 Å². The van der Waals surface area contributed by atoms with E-state index in [2.05, 4.69) is 20.2 Å². The fourth-order valence-electron chi connectivity index (χ4n) is 4.98. The molecule has 178 valence electrons. The Morgan fingerprint density at radius 2 is 1.68 bits per heavy atom. The van der Waals surface area contributed by atoms with Crippen molar-refractivity contribution >= 4 is 17.4 Å². The Morgan fingerprint density at radius 1 is 0.941 bits per heavy atom. The fourth-order valence-corrected chi connectivity index (χ4v) is 4.98. The number of anilines is 2. The number of amides is 1. The van der Waals surface area contributed by atoms with E-state index in [-0.39, 0.29) is 17.6 Å². The number of piperazine rings is 1. The summed E-state index contributed by atoms with van der Waals surface area (Å²) in [6.07, 6.45) is 1.81. The van der Waals surface area contributed by atoms with Crippen molar-refractivity contribution in [3.8, 4) is 5.82 Å². The van der Waals surface area contributed by atoms with Crippen molar-refractivity contribution in [3.05, 3.63) is 59.7 Å². The van der Waals surface area contributed by atoms with Crippen LogP contribution >= 0.6 is 0 Å². The lowest BCUT2D eigenvalue weighted by Crippen LogP contribution is -2.52. The van der Waals surface area contributed by atoms with Crippen molar-refractivity contribution in [1.29, 1.82) is 0 Å². The molecule has 0 aliphatic carbocycles. The third kappa shape index (κ3) is 4.47. The molecule has 9 heteroatoms. The van der Waals surface area contributed by atoms with Crippen LogP contribution in [0.1, 0.15) is 24.2 Å². The summed E-state index contributed by atoms with van der Waals surface area (Å²) in [5, 5.41) is 13.3. The molecule has 8 nitrogen and oxygen atoms in total. The number of aryl methyl sites for hydroxylation is 2. The van der Waals surface area contributed by atoms with Crippen LogP contribution in [0.5, 0.6) is 0 Å². The van der Waals surface area contributed by atoms with Gasteiger partial charge in [-0.25, -0.2) is 9.07 Å². The molecule has 0 saturated carbocycles.